The first kappa shape index (κ1) is 17.0. The van der Waals surface area contributed by atoms with Crippen LogP contribution in [0, 0.1) is 0 Å². The van der Waals surface area contributed by atoms with E-state index in [4.69, 9.17) is 5.73 Å². The number of rotatable bonds is 5. The normalized spacial score (nSPS) is 16.7. The van der Waals surface area contributed by atoms with Gasteiger partial charge in [-0.1, -0.05) is 12.8 Å². The van der Waals surface area contributed by atoms with Crippen molar-refractivity contribution < 1.29 is 13.2 Å². The third-order valence-corrected chi connectivity index (χ3v) is 6.43. The molecule has 6 heteroatoms. The summed E-state index contributed by atoms with van der Waals surface area (Å²) in [6.45, 7) is 4.00. The Labute approximate surface area is 132 Å². The molecule has 1 fully saturated rings. The van der Waals surface area contributed by atoms with Gasteiger partial charge in [0.25, 0.3) is 5.91 Å². The molecule has 1 aromatic rings. The van der Waals surface area contributed by atoms with Gasteiger partial charge in [-0.05, 0) is 51.0 Å². The molecular weight excluding hydrogens is 300 g/mol. The number of sulfone groups is 1. The van der Waals surface area contributed by atoms with Crippen LogP contribution in [0.1, 0.15) is 49.9 Å². The van der Waals surface area contributed by atoms with E-state index >= 15 is 0 Å². The fraction of sp³-hybridized carbons (Fsp3) is 0.562. The van der Waals surface area contributed by atoms with E-state index in [1.807, 2.05) is 13.8 Å². The van der Waals surface area contributed by atoms with Gasteiger partial charge < -0.3 is 11.1 Å². The molecule has 0 aromatic heterocycles. The maximum Gasteiger partial charge on any atom is 0.251 e. The molecule has 5 nitrogen and oxygen atoms in total. The smallest absolute Gasteiger partial charge is 0.251 e. The van der Waals surface area contributed by atoms with E-state index in [1.54, 1.807) is 12.1 Å². The number of amides is 1. The summed E-state index contributed by atoms with van der Waals surface area (Å²) in [6, 6.07) is 6.17. The molecule has 1 aliphatic rings. The molecule has 1 amide bonds. The zero-order valence-electron chi connectivity index (χ0n) is 13.1. The summed E-state index contributed by atoms with van der Waals surface area (Å²) in [5.74, 6) is -0.250. The molecular formula is C16H24N2O3S. The average molecular weight is 324 g/mol. The number of hydrogen-bond acceptors (Lipinski definition) is 4. The van der Waals surface area contributed by atoms with Crippen LogP contribution in [0.2, 0.25) is 0 Å². The minimum atomic E-state index is -3.27. The van der Waals surface area contributed by atoms with Gasteiger partial charge in [-0.2, -0.15) is 0 Å². The van der Waals surface area contributed by atoms with Crippen LogP contribution in [-0.2, 0) is 9.84 Å². The Morgan fingerprint density at radius 3 is 2.27 bits per heavy atom. The second-order valence-corrected chi connectivity index (χ2v) is 8.75. The number of hydrogen-bond donors (Lipinski definition) is 2. The maximum atomic E-state index is 12.5. The quantitative estimate of drug-likeness (QED) is 0.865. The largest absolute Gasteiger partial charge is 0.346 e. The first-order valence-electron chi connectivity index (χ1n) is 7.63. The lowest BCUT2D eigenvalue weighted by Crippen LogP contribution is -2.48. The minimum absolute atomic E-state index is 0.250. The molecule has 3 N–H and O–H groups in total. The number of carbonyl (C=O) groups is 1. The molecule has 0 aliphatic heterocycles. The Hall–Kier alpha value is -1.40. The highest BCUT2D eigenvalue weighted by molar-refractivity contribution is 7.92. The van der Waals surface area contributed by atoms with Gasteiger partial charge in [0, 0.05) is 17.6 Å². The van der Waals surface area contributed by atoms with Crippen LogP contribution >= 0.6 is 0 Å². The lowest BCUT2D eigenvalue weighted by molar-refractivity contribution is 0.0915. The van der Waals surface area contributed by atoms with E-state index in [-0.39, 0.29) is 11.2 Å². The van der Waals surface area contributed by atoms with E-state index in [1.165, 1.54) is 12.1 Å². The maximum absolute atomic E-state index is 12.5. The van der Waals surface area contributed by atoms with Gasteiger partial charge in [0.15, 0.2) is 9.84 Å². The van der Waals surface area contributed by atoms with Crippen LogP contribution < -0.4 is 11.1 Å². The van der Waals surface area contributed by atoms with Gasteiger partial charge in [-0.25, -0.2) is 8.42 Å². The van der Waals surface area contributed by atoms with E-state index in [2.05, 4.69) is 5.32 Å². The summed E-state index contributed by atoms with van der Waals surface area (Å²) in [4.78, 5) is 12.4. The molecule has 0 saturated heterocycles. The van der Waals surface area contributed by atoms with Crippen molar-refractivity contribution in [2.24, 2.45) is 5.73 Å². The second kappa shape index (κ2) is 6.38. The summed E-state index contributed by atoms with van der Waals surface area (Å²) in [7, 11) is -3.27. The summed E-state index contributed by atoms with van der Waals surface area (Å²) < 4.78 is 24.9. The van der Waals surface area contributed by atoms with Gasteiger partial charge in [0.2, 0.25) is 0 Å². The monoisotopic (exact) mass is 324 g/mol. The Kier molecular flexibility index (Phi) is 4.92. The first-order valence-corrected chi connectivity index (χ1v) is 9.17. The molecule has 2 rings (SSSR count). The van der Waals surface area contributed by atoms with Crippen molar-refractivity contribution in [3.05, 3.63) is 29.8 Å². The van der Waals surface area contributed by atoms with Gasteiger partial charge in [-0.15, -0.1) is 0 Å². The molecule has 1 saturated carbocycles. The van der Waals surface area contributed by atoms with Gasteiger partial charge in [0.1, 0.15) is 0 Å². The highest BCUT2D eigenvalue weighted by atomic mass is 32.2. The van der Waals surface area contributed by atoms with Crippen molar-refractivity contribution in [1.29, 1.82) is 0 Å². The molecule has 0 heterocycles. The van der Waals surface area contributed by atoms with Crippen LogP contribution in [-0.4, -0.2) is 31.7 Å². The van der Waals surface area contributed by atoms with Crippen molar-refractivity contribution in [2.45, 2.75) is 55.2 Å². The number of carbonyl (C=O) groups excluding carboxylic acids is 1. The summed E-state index contributed by atoms with van der Waals surface area (Å²) in [5.41, 5.74) is 5.53. The summed E-state index contributed by atoms with van der Waals surface area (Å²) in [6.07, 6.45) is 3.40. The van der Waals surface area contributed by atoms with Crippen molar-refractivity contribution >= 4 is 15.7 Å². The lowest BCUT2D eigenvalue weighted by atomic mass is 10.1. The zero-order chi connectivity index (χ0) is 16.4. The number of benzene rings is 1. The standard InChI is InChI=1S/C16H24N2O3S/c1-16(2,11-17)18-15(19)12-7-9-14(10-8-12)22(20,21)13-5-3-4-6-13/h7-10,13H,3-6,11,17H2,1-2H3,(H,18,19). The second-order valence-electron chi connectivity index (χ2n) is 6.52. The van der Waals surface area contributed by atoms with Crippen LogP contribution in [0.15, 0.2) is 29.2 Å². The molecule has 0 spiro atoms. The van der Waals surface area contributed by atoms with E-state index < -0.39 is 15.4 Å². The van der Waals surface area contributed by atoms with Crippen molar-refractivity contribution in [1.82, 2.24) is 5.32 Å². The van der Waals surface area contributed by atoms with E-state index in [9.17, 15) is 13.2 Å². The number of nitrogens with two attached hydrogens (primary N) is 1. The third-order valence-electron chi connectivity index (χ3n) is 4.15. The van der Waals surface area contributed by atoms with E-state index in [0.29, 0.717) is 17.0 Å². The van der Waals surface area contributed by atoms with Crippen LogP contribution in [0.25, 0.3) is 0 Å². The Balaban J connectivity index is 2.15. The van der Waals surface area contributed by atoms with Gasteiger partial charge in [-0.3, -0.25) is 4.79 Å². The van der Waals surface area contributed by atoms with Gasteiger partial charge in [0.05, 0.1) is 10.1 Å². The zero-order valence-corrected chi connectivity index (χ0v) is 13.9. The molecule has 1 aromatic carbocycles. The first-order chi connectivity index (χ1) is 10.3. The Morgan fingerprint density at radius 2 is 1.77 bits per heavy atom. The SMILES string of the molecule is CC(C)(CN)NC(=O)c1ccc(S(=O)(=O)C2CCCC2)cc1. The van der Waals surface area contributed by atoms with E-state index in [0.717, 1.165) is 25.7 Å². The third kappa shape index (κ3) is 3.67. The molecule has 0 atom stereocenters. The molecule has 122 valence electrons. The predicted octanol–water partition coefficient (Wildman–Crippen LogP) is 1.87. The molecule has 1 aliphatic carbocycles. The number of nitrogens with one attached hydrogen (secondary N) is 1. The highest BCUT2D eigenvalue weighted by Crippen LogP contribution is 2.29. The lowest BCUT2D eigenvalue weighted by Gasteiger charge is -2.24. The van der Waals surface area contributed by atoms with Crippen LogP contribution in [0.3, 0.4) is 0 Å². The van der Waals surface area contributed by atoms with Crippen molar-refractivity contribution in [2.75, 3.05) is 6.54 Å². The molecule has 0 radical (unpaired) electrons. The fourth-order valence-electron chi connectivity index (χ4n) is 2.62. The summed E-state index contributed by atoms with van der Waals surface area (Å²) in [5, 5.41) is 2.55. The van der Waals surface area contributed by atoms with Crippen molar-refractivity contribution in [3.8, 4) is 0 Å². The topological polar surface area (TPSA) is 89.3 Å². The molecule has 22 heavy (non-hydrogen) atoms. The van der Waals surface area contributed by atoms with Crippen LogP contribution in [0.4, 0.5) is 0 Å². The molecule has 0 unspecified atom stereocenters. The minimum Gasteiger partial charge on any atom is -0.346 e. The molecule has 0 bridgehead atoms. The average Bonchev–Trinajstić information content (AvgIpc) is 3.02. The fourth-order valence-corrected chi connectivity index (χ4v) is 4.47. The Bertz CT molecular complexity index is 630. The van der Waals surface area contributed by atoms with Crippen molar-refractivity contribution in [3.63, 3.8) is 0 Å². The highest BCUT2D eigenvalue weighted by Gasteiger charge is 2.30. The van der Waals surface area contributed by atoms with Crippen LogP contribution in [0.5, 0.6) is 0 Å². The predicted molar refractivity (Wildman–Crippen MR) is 86.5 cm³/mol. The summed E-state index contributed by atoms with van der Waals surface area (Å²) >= 11 is 0. The Morgan fingerprint density at radius 1 is 1.23 bits per heavy atom. The van der Waals surface area contributed by atoms with Gasteiger partial charge >= 0.3 is 0 Å².